The van der Waals surface area contributed by atoms with Crippen LogP contribution in [-0.2, 0) is 6.42 Å². The lowest BCUT2D eigenvalue weighted by Crippen LogP contribution is -2.37. The molecule has 2 aromatic carbocycles. The molecule has 2 aromatic rings. The first-order valence-corrected chi connectivity index (χ1v) is 6.31. The predicted molar refractivity (Wildman–Crippen MR) is 73.1 cm³/mol. The smallest absolute Gasteiger partial charge is 0.254 e. The van der Waals surface area contributed by atoms with E-state index in [0.29, 0.717) is 0 Å². The number of rotatable bonds is 1. The quantitative estimate of drug-likeness (QED) is 0.849. The molecule has 3 rings (SSSR count). The zero-order valence-corrected chi connectivity index (χ0v) is 10.7. The Hall–Kier alpha value is -2.29. The Bertz CT molecular complexity index is 619. The van der Waals surface area contributed by atoms with Crippen molar-refractivity contribution in [1.82, 2.24) is 4.90 Å². The lowest BCUT2D eigenvalue weighted by Gasteiger charge is -2.34. The maximum Gasteiger partial charge on any atom is 0.254 e. The number of likely N-dealkylation sites (N-methyl/N-ethyl adjacent to an activating group) is 1. The Balaban J connectivity index is 2.01. The predicted octanol–water partition coefficient (Wildman–Crippen LogP) is 2.76. The largest absolute Gasteiger partial charge is 0.508 e. The van der Waals surface area contributed by atoms with Gasteiger partial charge in [-0.2, -0.15) is 0 Å². The summed E-state index contributed by atoms with van der Waals surface area (Å²) < 4.78 is 0. The van der Waals surface area contributed by atoms with Gasteiger partial charge in [0.25, 0.3) is 5.91 Å². The molecule has 1 amide bonds. The molecule has 1 unspecified atom stereocenters. The van der Waals surface area contributed by atoms with E-state index in [-0.39, 0.29) is 17.7 Å². The third-order valence-electron chi connectivity index (χ3n) is 3.73. The summed E-state index contributed by atoms with van der Waals surface area (Å²) in [5, 5.41) is 9.35. The highest BCUT2D eigenvalue weighted by atomic mass is 16.3. The first-order chi connectivity index (χ1) is 9.16. The van der Waals surface area contributed by atoms with Crippen LogP contribution in [0.4, 0.5) is 0 Å². The SMILES string of the molecule is CN1C(=O)c2ccccc2CC1c1ccc(O)cc1. The highest BCUT2D eigenvalue weighted by molar-refractivity contribution is 5.97. The zero-order valence-electron chi connectivity index (χ0n) is 10.7. The molecule has 1 aliphatic rings. The van der Waals surface area contributed by atoms with Gasteiger partial charge in [-0.05, 0) is 35.7 Å². The van der Waals surface area contributed by atoms with Gasteiger partial charge in [0.1, 0.15) is 5.75 Å². The molecular formula is C16H15NO2. The standard InChI is InChI=1S/C16H15NO2/c1-17-15(11-6-8-13(18)9-7-11)10-12-4-2-3-5-14(12)16(17)19/h2-9,15,18H,10H2,1H3. The van der Waals surface area contributed by atoms with E-state index >= 15 is 0 Å². The summed E-state index contributed by atoms with van der Waals surface area (Å²) >= 11 is 0. The van der Waals surface area contributed by atoms with Crippen molar-refractivity contribution in [2.45, 2.75) is 12.5 Å². The van der Waals surface area contributed by atoms with Gasteiger partial charge >= 0.3 is 0 Å². The van der Waals surface area contributed by atoms with Gasteiger partial charge in [0.15, 0.2) is 0 Å². The number of aromatic hydroxyl groups is 1. The maximum atomic E-state index is 12.3. The molecular weight excluding hydrogens is 238 g/mol. The van der Waals surface area contributed by atoms with E-state index in [2.05, 4.69) is 0 Å². The molecule has 1 heterocycles. The van der Waals surface area contributed by atoms with Crippen molar-refractivity contribution in [3.05, 3.63) is 65.2 Å². The minimum Gasteiger partial charge on any atom is -0.508 e. The summed E-state index contributed by atoms with van der Waals surface area (Å²) in [6.45, 7) is 0. The van der Waals surface area contributed by atoms with Crippen LogP contribution in [0, 0.1) is 0 Å². The van der Waals surface area contributed by atoms with Crippen LogP contribution in [0.5, 0.6) is 5.75 Å². The van der Waals surface area contributed by atoms with Crippen molar-refractivity contribution in [2.24, 2.45) is 0 Å². The van der Waals surface area contributed by atoms with Crippen molar-refractivity contribution in [2.75, 3.05) is 7.05 Å². The molecule has 0 saturated carbocycles. The van der Waals surface area contributed by atoms with E-state index in [1.54, 1.807) is 17.0 Å². The molecule has 0 fully saturated rings. The summed E-state index contributed by atoms with van der Waals surface area (Å²) in [6, 6.07) is 14.8. The fourth-order valence-corrected chi connectivity index (χ4v) is 2.62. The van der Waals surface area contributed by atoms with Gasteiger partial charge in [0.05, 0.1) is 6.04 Å². The molecule has 1 atom stereocenters. The number of nitrogens with zero attached hydrogens (tertiary/aromatic N) is 1. The molecule has 0 aromatic heterocycles. The van der Waals surface area contributed by atoms with E-state index in [0.717, 1.165) is 23.1 Å². The second-order valence-corrected chi connectivity index (χ2v) is 4.88. The van der Waals surface area contributed by atoms with Crippen molar-refractivity contribution in [3.63, 3.8) is 0 Å². The second-order valence-electron chi connectivity index (χ2n) is 4.88. The van der Waals surface area contributed by atoms with Crippen LogP contribution in [0.2, 0.25) is 0 Å². The van der Waals surface area contributed by atoms with Crippen LogP contribution >= 0.6 is 0 Å². The Kier molecular flexibility index (Phi) is 2.75. The fraction of sp³-hybridized carbons (Fsp3) is 0.188. The van der Waals surface area contributed by atoms with Crippen molar-refractivity contribution in [3.8, 4) is 5.75 Å². The van der Waals surface area contributed by atoms with Gasteiger partial charge in [0.2, 0.25) is 0 Å². The van der Waals surface area contributed by atoms with Gasteiger partial charge in [-0.3, -0.25) is 4.79 Å². The molecule has 0 spiro atoms. The molecule has 19 heavy (non-hydrogen) atoms. The molecule has 3 heteroatoms. The van der Waals surface area contributed by atoms with Crippen LogP contribution in [0.3, 0.4) is 0 Å². The summed E-state index contributed by atoms with van der Waals surface area (Å²) in [5.74, 6) is 0.300. The van der Waals surface area contributed by atoms with Crippen LogP contribution in [0.25, 0.3) is 0 Å². The van der Waals surface area contributed by atoms with E-state index < -0.39 is 0 Å². The molecule has 0 saturated heterocycles. The molecule has 1 aliphatic heterocycles. The minimum absolute atomic E-state index is 0.0306. The van der Waals surface area contributed by atoms with Crippen LogP contribution in [0.15, 0.2) is 48.5 Å². The molecule has 1 N–H and O–H groups in total. The van der Waals surface area contributed by atoms with E-state index in [4.69, 9.17) is 0 Å². The van der Waals surface area contributed by atoms with Crippen LogP contribution in [-0.4, -0.2) is 23.0 Å². The first-order valence-electron chi connectivity index (χ1n) is 6.31. The van der Waals surface area contributed by atoms with Crippen molar-refractivity contribution < 1.29 is 9.90 Å². The van der Waals surface area contributed by atoms with E-state index in [1.165, 1.54) is 0 Å². The van der Waals surface area contributed by atoms with Crippen LogP contribution < -0.4 is 0 Å². The van der Waals surface area contributed by atoms with Gasteiger partial charge in [-0.15, -0.1) is 0 Å². The zero-order chi connectivity index (χ0) is 13.4. The van der Waals surface area contributed by atoms with E-state index in [9.17, 15) is 9.90 Å². The molecule has 96 valence electrons. The summed E-state index contributed by atoms with van der Waals surface area (Å²) in [4.78, 5) is 14.1. The number of phenolic OH excluding ortho intramolecular Hbond substituents is 1. The van der Waals surface area contributed by atoms with Crippen LogP contribution in [0.1, 0.15) is 27.5 Å². The third kappa shape index (κ3) is 1.97. The van der Waals surface area contributed by atoms with Crippen molar-refractivity contribution >= 4 is 5.91 Å². The number of hydrogen-bond acceptors (Lipinski definition) is 2. The average molecular weight is 253 g/mol. The minimum atomic E-state index is 0.0306. The van der Waals surface area contributed by atoms with Crippen molar-refractivity contribution in [1.29, 1.82) is 0 Å². The second kappa shape index (κ2) is 4.43. The van der Waals surface area contributed by atoms with Gasteiger partial charge in [0, 0.05) is 12.6 Å². The van der Waals surface area contributed by atoms with E-state index in [1.807, 2.05) is 43.4 Å². The number of carbonyl (C=O) groups excluding carboxylic acids is 1. The first kappa shape index (κ1) is 11.8. The average Bonchev–Trinajstić information content (AvgIpc) is 2.44. The number of phenols is 1. The Morgan fingerprint density at radius 3 is 2.53 bits per heavy atom. The molecule has 3 nitrogen and oxygen atoms in total. The lowest BCUT2D eigenvalue weighted by atomic mass is 9.90. The number of benzene rings is 2. The molecule has 0 bridgehead atoms. The number of amides is 1. The number of carbonyl (C=O) groups is 1. The lowest BCUT2D eigenvalue weighted by molar-refractivity contribution is 0.0705. The Labute approximate surface area is 112 Å². The number of fused-ring (bicyclic) bond motifs is 1. The molecule has 0 radical (unpaired) electrons. The topological polar surface area (TPSA) is 40.5 Å². The number of hydrogen-bond donors (Lipinski definition) is 1. The third-order valence-corrected chi connectivity index (χ3v) is 3.73. The summed E-state index contributed by atoms with van der Waals surface area (Å²) in [7, 11) is 1.83. The highest BCUT2D eigenvalue weighted by Gasteiger charge is 2.30. The molecule has 0 aliphatic carbocycles. The van der Waals surface area contributed by atoms with Gasteiger partial charge in [-0.25, -0.2) is 0 Å². The Morgan fingerprint density at radius 2 is 1.79 bits per heavy atom. The highest BCUT2D eigenvalue weighted by Crippen LogP contribution is 2.32. The fourth-order valence-electron chi connectivity index (χ4n) is 2.62. The van der Waals surface area contributed by atoms with Gasteiger partial charge in [-0.1, -0.05) is 30.3 Å². The normalized spacial score (nSPS) is 18.3. The summed E-state index contributed by atoms with van der Waals surface area (Å²) in [5.41, 5.74) is 2.92. The monoisotopic (exact) mass is 253 g/mol. The summed E-state index contributed by atoms with van der Waals surface area (Å²) in [6.07, 6.45) is 0.809. The van der Waals surface area contributed by atoms with Gasteiger partial charge < -0.3 is 10.0 Å². The maximum absolute atomic E-state index is 12.3. The Morgan fingerprint density at radius 1 is 1.11 bits per heavy atom.